The van der Waals surface area contributed by atoms with Crippen LogP contribution in [-0.2, 0) is 6.42 Å². The molecule has 0 spiro atoms. The number of amides is 1. The molecule has 0 fully saturated rings. The number of aromatic nitrogens is 3. The summed E-state index contributed by atoms with van der Waals surface area (Å²) in [5, 5.41) is 3.01. The predicted molar refractivity (Wildman–Crippen MR) is 117 cm³/mol. The maximum Gasteiger partial charge on any atom is 0.251 e. The van der Waals surface area contributed by atoms with Crippen LogP contribution in [0.3, 0.4) is 0 Å². The third-order valence-corrected chi connectivity index (χ3v) is 4.97. The lowest BCUT2D eigenvalue weighted by Crippen LogP contribution is -2.25. The predicted octanol–water partition coefficient (Wildman–Crippen LogP) is 4.10. The number of ether oxygens (including phenoxy) is 1. The second-order valence-corrected chi connectivity index (χ2v) is 7.04. The van der Waals surface area contributed by atoms with Crippen LogP contribution in [0.4, 0.5) is 0 Å². The summed E-state index contributed by atoms with van der Waals surface area (Å²) < 4.78 is 7.38. The zero-order chi connectivity index (χ0) is 20.9. The van der Waals surface area contributed by atoms with Crippen molar-refractivity contribution in [2.24, 2.45) is 0 Å². The van der Waals surface area contributed by atoms with E-state index in [9.17, 15) is 4.79 Å². The van der Waals surface area contributed by atoms with Gasteiger partial charge in [0.25, 0.3) is 5.91 Å². The van der Waals surface area contributed by atoms with Gasteiger partial charge in [-0.1, -0.05) is 18.2 Å². The molecule has 0 atom stereocenters. The molecule has 0 unspecified atom stereocenters. The molecule has 0 saturated heterocycles. The minimum Gasteiger partial charge on any atom is -0.494 e. The molecule has 0 bridgehead atoms. The summed E-state index contributed by atoms with van der Waals surface area (Å²) in [4.78, 5) is 21.5. The quantitative estimate of drug-likeness (QED) is 0.507. The third kappa shape index (κ3) is 4.17. The summed E-state index contributed by atoms with van der Waals surface area (Å²) in [6, 6.07) is 17.4. The van der Waals surface area contributed by atoms with Crippen LogP contribution in [-0.4, -0.2) is 33.6 Å². The number of nitrogens with zero attached hydrogens (tertiary/aromatic N) is 3. The average Bonchev–Trinajstić information content (AvgIpc) is 3.19. The van der Waals surface area contributed by atoms with Crippen molar-refractivity contribution in [1.29, 1.82) is 0 Å². The van der Waals surface area contributed by atoms with Gasteiger partial charge in [-0.25, -0.2) is 9.97 Å². The first-order valence-corrected chi connectivity index (χ1v) is 10.0. The van der Waals surface area contributed by atoms with Gasteiger partial charge in [0.15, 0.2) is 5.65 Å². The van der Waals surface area contributed by atoms with E-state index in [0.717, 1.165) is 40.1 Å². The van der Waals surface area contributed by atoms with Crippen molar-refractivity contribution in [3.05, 3.63) is 83.8 Å². The zero-order valence-electron chi connectivity index (χ0n) is 17.1. The van der Waals surface area contributed by atoms with Crippen LogP contribution in [0.5, 0.6) is 5.75 Å². The number of pyridine rings is 1. The summed E-state index contributed by atoms with van der Waals surface area (Å²) in [6.45, 7) is 5.19. The Labute approximate surface area is 175 Å². The molecule has 0 saturated carbocycles. The molecular weight excluding hydrogens is 376 g/mol. The Morgan fingerprint density at radius 1 is 1.10 bits per heavy atom. The number of hydrogen-bond donors (Lipinski definition) is 1. The molecule has 152 valence electrons. The van der Waals surface area contributed by atoms with Crippen molar-refractivity contribution in [2.45, 2.75) is 20.3 Å². The molecule has 6 heteroatoms. The molecule has 2 aromatic carbocycles. The molecule has 4 rings (SSSR count). The summed E-state index contributed by atoms with van der Waals surface area (Å²) in [6.07, 6.45) is 4.24. The van der Waals surface area contributed by atoms with Gasteiger partial charge in [0.2, 0.25) is 0 Å². The Morgan fingerprint density at radius 2 is 1.93 bits per heavy atom. The maximum atomic E-state index is 12.7. The molecule has 6 nitrogen and oxygen atoms in total. The fourth-order valence-electron chi connectivity index (χ4n) is 3.38. The van der Waals surface area contributed by atoms with E-state index in [-0.39, 0.29) is 5.91 Å². The van der Waals surface area contributed by atoms with E-state index in [1.807, 2.05) is 73.0 Å². The van der Waals surface area contributed by atoms with Gasteiger partial charge in [0.1, 0.15) is 17.6 Å². The van der Waals surface area contributed by atoms with Crippen LogP contribution < -0.4 is 10.1 Å². The number of aryl methyl sites for hydroxylation is 1. The summed E-state index contributed by atoms with van der Waals surface area (Å²) in [7, 11) is 0. The largest absolute Gasteiger partial charge is 0.494 e. The molecule has 0 radical (unpaired) electrons. The molecule has 30 heavy (non-hydrogen) atoms. The highest BCUT2D eigenvalue weighted by molar-refractivity contribution is 5.95. The Morgan fingerprint density at radius 3 is 2.73 bits per heavy atom. The number of carbonyl (C=O) groups is 1. The maximum absolute atomic E-state index is 12.7. The van der Waals surface area contributed by atoms with Crippen molar-refractivity contribution in [3.8, 4) is 11.4 Å². The van der Waals surface area contributed by atoms with Crippen LogP contribution in [0.2, 0.25) is 0 Å². The van der Waals surface area contributed by atoms with Crippen LogP contribution in [0, 0.1) is 6.92 Å². The highest BCUT2D eigenvalue weighted by Gasteiger charge is 2.12. The van der Waals surface area contributed by atoms with Crippen LogP contribution in [0.25, 0.3) is 16.9 Å². The van der Waals surface area contributed by atoms with Crippen molar-refractivity contribution in [1.82, 2.24) is 19.9 Å². The van der Waals surface area contributed by atoms with Gasteiger partial charge < -0.3 is 10.1 Å². The number of rotatable bonds is 7. The molecule has 2 heterocycles. The molecule has 0 aliphatic rings. The van der Waals surface area contributed by atoms with Crippen molar-refractivity contribution < 1.29 is 9.53 Å². The standard InChI is InChI=1S/C24H24N4O2/c1-3-30-20-10-7-18(8-11-20)12-14-26-24(29)19-9-6-17(2)22(15-19)28-16-27-21-5-4-13-25-23(21)28/h4-11,13,15-16H,3,12,14H2,1-2H3,(H,26,29). The van der Waals surface area contributed by atoms with Crippen molar-refractivity contribution >= 4 is 17.1 Å². The lowest BCUT2D eigenvalue weighted by molar-refractivity contribution is 0.0954. The second kappa shape index (κ2) is 8.78. The lowest BCUT2D eigenvalue weighted by Gasteiger charge is -2.11. The van der Waals surface area contributed by atoms with Crippen molar-refractivity contribution in [2.75, 3.05) is 13.2 Å². The van der Waals surface area contributed by atoms with E-state index in [0.29, 0.717) is 18.7 Å². The summed E-state index contributed by atoms with van der Waals surface area (Å²) in [5.74, 6) is 0.763. The van der Waals surface area contributed by atoms with Crippen LogP contribution in [0.1, 0.15) is 28.4 Å². The molecular formula is C24H24N4O2. The Kier molecular flexibility index (Phi) is 5.75. The van der Waals surface area contributed by atoms with E-state index < -0.39 is 0 Å². The fourth-order valence-corrected chi connectivity index (χ4v) is 3.38. The number of nitrogens with one attached hydrogen (secondary N) is 1. The highest BCUT2D eigenvalue weighted by atomic mass is 16.5. The Bertz CT molecular complexity index is 1170. The minimum atomic E-state index is -0.0976. The first kappa shape index (κ1) is 19.6. The topological polar surface area (TPSA) is 69.0 Å². The van der Waals surface area contributed by atoms with Gasteiger partial charge in [-0.3, -0.25) is 9.36 Å². The molecule has 4 aromatic rings. The van der Waals surface area contributed by atoms with E-state index in [1.54, 1.807) is 12.5 Å². The summed E-state index contributed by atoms with van der Waals surface area (Å²) in [5.41, 5.74) is 5.30. The summed E-state index contributed by atoms with van der Waals surface area (Å²) >= 11 is 0. The number of fused-ring (bicyclic) bond motifs is 1. The van der Waals surface area contributed by atoms with Crippen LogP contribution >= 0.6 is 0 Å². The zero-order valence-corrected chi connectivity index (χ0v) is 17.1. The normalized spacial score (nSPS) is 10.9. The first-order chi connectivity index (χ1) is 14.7. The minimum absolute atomic E-state index is 0.0976. The van der Waals surface area contributed by atoms with Gasteiger partial charge in [-0.2, -0.15) is 0 Å². The Balaban J connectivity index is 1.45. The van der Waals surface area contributed by atoms with Gasteiger partial charge in [0.05, 0.1) is 12.3 Å². The van der Waals surface area contributed by atoms with E-state index in [4.69, 9.17) is 4.74 Å². The average molecular weight is 400 g/mol. The second-order valence-electron chi connectivity index (χ2n) is 7.04. The number of hydrogen-bond acceptors (Lipinski definition) is 4. The highest BCUT2D eigenvalue weighted by Crippen LogP contribution is 2.21. The van der Waals surface area contributed by atoms with Gasteiger partial charge >= 0.3 is 0 Å². The molecule has 1 amide bonds. The monoisotopic (exact) mass is 400 g/mol. The SMILES string of the molecule is CCOc1ccc(CCNC(=O)c2ccc(C)c(-n3cnc4cccnc43)c2)cc1. The number of carbonyl (C=O) groups excluding carboxylic acids is 1. The van der Waals surface area contributed by atoms with Crippen LogP contribution in [0.15, 0.2) is 67.1 Å². The van der Waals surface area contributed by atoms with E-state index in [2.05, 4.69) is 15.3 Å². The Hall–Kier alpha value is -3.67. The first-order valence-electron chi connectivity index (χ1n) is 10.0. The van der Waals surface area contributed by atoms with Gasteiger partial charge in [-0.15, -0.1) is 0 Å². The fraction of sp³-hybridized carbons (Fsp3) is 0.208. The smallest absolute Gasteiger partial charge is 0.251 e. The molecule has 0 aliphatic carbocycles. The van der Waals surface area contributed by atoms with Gasteiger partial charge in [-0.05, 0) is 67.8 Å². The molecule has 1 N–H and O–H groups in total. The molecule has 2 aromatic heterocycles. The lowest BCUT2D eigenvalue weighted by atomic mass is 10.1. The molecule has 0 aliphatic heterocycles. The number of benzene rings is 2. The van der Waals surface area contributed by atoms with E-state index >= 15 is 0 Å². The van der Waals surface area contributed by atoms with E-state index in [1.165, 1.54) is 0 Å². The number of imidazole rings is 1. The van der Waals surface area contributed by atoms with Crippen molar-refractivity contribution in [3.63, 3.8) is 0 Å². The third-order valence-electron chi connectivity index (χ3n) is 4.97. The van der Waals surface area contributed by atoms with Gasteiger partial charge in [0, 0.05) is 18.3 Å².